The lowest BCUT2D eigenvalue weighted by molar-refractivity contribution is 0.102. The number of benzene rings is 1. The maximum atomic E-state index is 13.3. The fraction of sp³-hybridized carbons (Fsp3) is 0. The third-order valence-corrected chi connectivity index (χ3v) is 3.06. The van der Waals surface area contributed by atoms with Gasteiger partial charge in [-0.15, -0.1) is 0 Å². The molecule has 2 rings (SSSR count). The highest BCUT2D eigenvalue weighted by Gasteiger charge is 2.13. The fourth-order valence-corrected chi connectivity index (χ4v) is 1.78. The van der Waals surface area contributed by atoms with E-state index in [9.17, 15) is 9.18 Å². The zero-order valence-corrected chi connectivity index (χ0v) is 11.2. The Kier molecular flexibility index (Phi) is 3.88. The standard InChI is InChI=1S/C11H6BrClFN3O/c12-10-6(2-1-3-7(10)14)11(18)17-9-5-15-8(13)4-16-9/h1-5H,(H,16,17,18). The first-order valence-electron chi connectivity index (χ1n) is 4.81. The van der Waals surface area contributed by atoms with Crippen LogP contribution in [0.15, 0.2) is 35.1 Å². The topological polar surface area (TPSA) is 54.9 Å². The van der Waals surface area contributed by atoms with Crippen LogP contribution >= 0.6 is 27.5 Å². The summed E-state index contributed by atoms with van der Waals surface area (Å²) >= 11 is 8.58. The van der Waals surface area contributed by atoms with E-state index in [0.717, 1.165) is 0 Å². The van der Waals surface area contributed by atoms with E-state index < -0.39 is 11.7 Å². The molecule has 1 N–H and O–H groups in total. The molecule has 1 aromatic heterocycles. The average Bonchev–Trinajstić information content (AvgIpc) is 2.35. The Morgan fingerprint density at radius 3 is 2.78 bits per heavy atom. The number of carbonyl (C=O) groups excluding carboxylic acids is 1. The molecule has 0 saturated carbocycles. The second kappa shape index (κ2) is 5.41. The van der Waals surface area contributed by atoms with Crippen molar-refractivity contribution in [1.29, 1.82) is 0 Å². The van der Waals surface area contributed by atoms with Crippen LogP contribution in [0, 0.1) is 5.82 Å². The zero-order valence-electron chi connectivity index (χ0n) is 8.82. The summed E-state index contributed by atoms with van der Waals surface area (Å²) in [6, 6.07) is 4.19. The molecule has 1 aromatic carbocycles. The van der Waals surface area contributed by atoms with Crippen molar-refractivity contribution in [2.45, 2.75) is 0 Å². The summed E-state index contributed by atoms with van der Waals surface area (Å²) in [6.07, 6.45) is 2.62. The summed E-state index contributed by atoms with van der Waals surface area (Å²) in [5.74, 6) is -0.761. The quantitative estimate of drug-likeness (QED) is 0.919. The van der Waals surface area contributed by atoms with Gasteiger partial charge in [0.05, 0.1) is 22.4 Å². The van der Waals surface area contributed by atoms with Crippen LogP contribution in [-0.4, -0.2) is 15.9 Å². The van der Waals surface area contributed by atoms with Crippen molar-refractivity contribution >= 4 is 39.3 Å². The third kappa shape index (κ3) is 2.83. The molecule has 0 radical (unpaired) electrons. The summed E-state index contributed by atoms with van der Waals surface area (Å²) in [6.45, 7) is 0. The van der Waals surface area contributed by atoms with E-state index in [2.05, 4.69) is 31.2 Å². The minimum atomic E-state index is -0.509. The van der Waals surface area contributed by atoms with Crippen molar-refractivity contribution in [1.82, 2.24) is 9.97 Å². The number of nitrogens with one attached hydrogen (secondary N) is 1. The molecule has 92 valence electrons. The Balaban J connectivity index is 2.22. The lowest BCUT2D eigenvalue weighted by Crippen LogP contribution is -2.14. The van der Waals surface area contributed by atoms with E-state index in [1.807, 2.05) is 0 Å². The summed E-state index contributed by atoms with van der Waals surface area (Å²) in [7, 11) is 0. The molecule has 0 saturated heterocycles. The second-order valence-electron chi connectivity index (χ2n) is 3.28. The normalized spacial score (nSPS) is 10.2. The maximum Gasteiger partial charge on any atom is 0.258 e. The molecule has 0 unspecified atom stereocenters. The molecule has 0 aliphatic rings. The molecule has 0 aliphatic carbocycles. The molecular weight excluding hydrogens is 324 g/mol. The first-order valence-corrected chi connectivity index (χ1v) is 5.98. The molecule has 1 heterocycles. The molecule has 4 nitrogen and oxygen atoms in total. The maximum absolute atomic E-state index is 13.3. The van der Waals surface area contributed by atoms with Crippen LogP contribution in [-0.2, 0) is 0 Å². The molecule has 0 aliphatic heterocycles. The molecule has 0 fully saturated rings. The number of anilines is 1. The highest BCUT2D eigenvalue weighted by molar-refractivity contribution is 9.10. The summed E-state index contributed by atoms with van der Waals surface area (Å²) in [5.41, 5.74) is 0.173. The Bertz CT molecular complexity index is 591. The van der Waals surface area contributed by atoms with Crippen LogP contribution in [0.3, 0.4) is 0 Å². The van der Waals surface area contributed by atoms with Crippen molar-refractivity contribution in [3.8, 4) is 0 Å². The first kappa shape index (κ1) is 12.9. The van der Waals surface area contributed by atoms with Gasteiger partial charge in [0.15, 0.2) is 5.82 Å². The van der Waals surface area contributed by atoms with Gasteiger partial charge in [-0.05, 0) is 28.1 Å². The Hall–Kier alpha value is -1.53. The van der Waals surface area contributed by atoms with E-state index in [-0.39, 0.29) is 21.0 Å². The van der Waals surface area contributed by atoms with Gasteiger partial charge in [-0.1, -0.05) is 17.7 Å². The Morgan fingerprint density at radius 1 is 1.33 bits per heavy atom. The Morgan fingerprint density at radius 2 is 2.11 bits per heavy atom. The predicted octanol–water partition coefficient (Wildman–Crippen LogP) is 3.28. The summed E-state index contributed by atoms with van der Waals surface area (Å²) in [4.78, 5) is 19.5. The van der Waals surface area contributed by atoms with E-state index in [0.29, 0.717) is 0 Å². The monoisotopic (exact) mass is 329 g/mol. The predicted molar refractivity (Wildman–Crippen MR) is 69.1 cm³/mol. The number of hydrogen-bond acceptors (Lipinski definition) is 3. The van der Waals surface area contributed by atoms with Crippen LogP contribution < -0.4 is 5.32 Å². The molecule has 0 spiro atoms. The van der Waals surface area contributed by atoms with E-state index >= 15 is 0 Å². The number of carbonyl (C=O) groups is 1. The van der Waals surface area contributed by atoms with Gasteiger partial charge in [0.2, 0.25) is 0 Å². The molecule has 2 aromatic rings. The highest BCUT2D eigenvalue weighted by atomic mass is 79.9. The fourth-order valence-electron chi connectivity index (χ4n) is 1.24. The van der Waals surface area contributed by atoms with Crippen LogP contribution in [0.4, 0.5) is 10.2 Å². The van der Waals surface area contributed by atoms with E-state index in [1.54, 1.807) is 0 Å². The second-order valence-corrected chi connectivity index (χ2v) is 4.46. The van der Waals surface area contributed by atoms with Crippen LogP contribution in [0.5, 0.6) is 0 Å². The van der Waals surface area contributed by atoms with Crippen molar-refractivity contribution in [3.05, 3.63) is 51.6 Å². The van der Waals surface area contributed by atoms with Crippen LogP contribution in [0.2, 0.25) is 5.15 Å². The first-order chi connectivity index (χ1) is 8.58. The highest BCUT2D eigenvalue weighted by Crippen LogP contribution is 2.21. The van der Waals surface area contributed by atoms with Gasteiger partial charge in [0.1, 0.15) is 11.0 Å². The molecular formula is C11H6BrClFN3O. The average molecular weight is 331 g/mol. The minimum absolute atomic E-state index is 0.101. The molecule has 1 amide bonds. The number of halogens is 3. The molecule has 18 heavy (non-hydrogen) atoms. The van der Waals surface area contributed by atoms with Gasteiger partial charge in [0, 0.05) is 0 Å². The lowest BCUT2D eigenvalue weighted by Gasteiger charge is -2.06. The Labute approximate surface area is 115 Å². The van der Waals surface area contributed by atoms with Crippen molar-refractivity contribution in [3.63, 3.8) is 0 Å². The number of amides is 1. The van der Waals surface area contributed by atoms with Crippen LogP contribution in [0.1, 0.15) is 10.4 Å². The van der Waals surface area contributed by atoms with Gasteiger partial charge >= 0.3 is 0 Å². The van der Waals surface area contributed by atoms with Crippen molar-refractivity contribution in [2.75, 3.05) is 5.32 Å². The SMILES string of the molecule is O=C(Nc1cnc(Cl)cn1)c1cccc(F)c1Br. The molecule has 0 atom stereocenters. The lowest BCUT2D eigenvalue weighted by atomic mass is 10.2. The van der Waals surface area contributed by atoms with Gasteiger partial charge < -0.3 is 5.32 Å². The number of hydrogen-bond donors (Lipinski definition) is 1. The number of nitrogens with zero attached hydrogens (tertiary/aromatic N) is 2. The molecule has 7 heteroatoms. The number of rotatable bonds is 2. The minimum Gasteiger partial charge on any atom is -0.305 e. The summed E-state index contributed by atoms with van der Waals surface area (Å²) < 4.78 is 13.4. The largest absolute Gasteiger partial charge is 0.305 e. The van der Waals surface area contributed by atoms with E-state index in [1.165, 1.54) is 30.6 Å². The van der Waals surface area contributed by atoms with Crippen molar-refractivity contribution < 1.29 is 9.18 Å². The molecule has 0 bridgehead atoms. The van der Waals surface area contributed by atoms with Gasteiger partial charge in [-0.25, -0.2) is 14.4 Å². The van der Waals surface area contributed by atoms with E-state index in [4.69, 9.17) is 11.6 Å². The van der Waals surface area contributed by atoms with Gasteiger partial charge in [-0.2, -0.15) is 0 Å². The zero-order chi connectivity index (χ0) is 13.1. The number of aromatic nitrogens is 2. The smallest absolute Gasteiger partial charge is 0.258 e. The van der Waals surface area contributed by atoms with Gasteiger partial charge in [-0.3, -0.25) is 4.79 Å². The third-order valence-electron chi connectivity index (χ3n) is 2.06. The van der Waals surface area contributed by atoms with Crippen molar-refractivity contribution in [2.24, 2.45) is 0 Å². The van der Waals surface area contributed by atoms with Gasteiger partial charge in [0.25, 0.3) is 5.91 Å². The van der Waals surface area contributed by atoms with Crippen LogP contribution in [0.25, 0.3) is 0 Å². The summed E-state index contributed by atoms with van der Waals surface area (Å²) in [5, 5.41) is 2.71.